The van der Waals surface area contributed by atoms with E-state index < -0.39 is 5.60 Å². The van der Waals surface area contributed by atoms with Gasteiger partial charge in [-0.05, 0) is 38.8 Å². The first-order valence-electron chi connectivity index (χ1n) is 9.85. The summed E-state index contributed by atoms with van der Waals surface area (Å²) in [7, 11) is 1.69. The number of nitrogens with zero attached hydrogens (tertiary/aromatic N) is 1. The third-order valence-electron chi connectivity index (χ3n) is 4.64. The van der Waals surface area contributed by atoms with E-state index in [1.54, 1.807) is 7.11 Å². The Bertz CT molecular complexity index is 668. The molecule has 2 rings (SSSR count). The van der Waals surface area contributed by atoms with E-state index in [9.17, 15) is 4.79 Å². The molecule has 0 N–H and O–H groups in total. The van der Waals surface area contributed by atoms with E-state index in [-0.39, 0.29) is 24.5 Å². The third-order valence-corrected chi connectivity index (χ3v) is 4.64. The maximum atomic E-state index is 12.6. The van der Waals surface area contributed by atoms with Crippen LogP contribution >= 0.6 is 0 Å². The molecule has 4 nitrogen and oxygen atoms in total. The maximum absolute atomic E-state index is 12.6. The van der Waals surface area contributed by atoms with Crippen LogP contribution < -0.4 is 0 Å². The molecule has 28 heavy (non-hydrogen) atoms. The topological polar surface area (TPSA) is 38.8 Å². The van der Waals surface area contributed by atoms with Crippen LogP contribution in [-0.2, 0) is 27.4 Å². The summed E-state index contributed by atoms with van der Waals surface area (Å²) in [5.74, 6) is -0.201. The normalized spacial score (nSPS) is 13.9. The van der Waals surface area contributed by atoms with E-state index in [2.05, 4.69) is 29.2 Å². The molecule has 0 spiro atoms. The van der Waals surface area contributed by atoms with Gasteiger partial charge in [0.05, 0.1) is 12.5 Å². The lowest BCUT2D eigenvalue weighted by Crippen LogP contribution is -2.44. The Morgan fingerprint density at radius 2 is 1.39 bits per heavy atom. The van der Waals surface area contributed by atoms with E-state index in [4.69, 9.17) is 9.47 Å². The Morgan fingerprint density at radius 1 is 0.929 bits per heavy atom. The second kappa shape index (κ2) is 10.4. The summed E-state index contributed by atoms with van der Waals surface area (Å²) in [5, 5.41) is 0. The number of esters is 1. The molecule has 4 heteroatoms. The number of methoxy groups -OCH3 is 1. The van der Waals surface area contributed by atoms with Gasteiger partial charge in [-0.25, -0.2) is 0 Å². The van der Waals surface area contributed by atoms with Gasteiger partial charge in [-0.2, -0.15) is 0 Å². The van der Waals surface area contributed by atoms with Crippen molar-refractivity contribution in [2.45, 2.75) is 65.0 Å². The van der Waals surface area contributed by atoms with Crippen LogP contribution in [0, 0.1) is 0 Å². The van der Waals surface area contributed by atoms with Gasteiger partial charge in [0.15, 0.2) is 0 Å². The fourth-order valence-electron chi connectivity index (χ4n) is 3.23. The first-order chi connectivity index (χ1) is 13.3. The molecule has 0 amide bonds. The Kier molecular flexibility index (Phi) is 8.21. The SMILES string of the molecule is CO[C@@H](C)[C@H](CC(=O)OC(C)(C)C)N(Cc1ccccc1)Cc1ccccc1. The molecular formula is C24H33NO3. The minimum absolute atomic E-state index is 0.0970. The zero-order valence-electron chi connectivity index (χ0n) is 17.7. The maximum Gasteiger partial charge on any atom is 0.307 e. The minimum atomic E-state index is -0.498. The second-order valence-electron chi connectivity index (χ2n) is 8.17. The number of rotatable bonds is 9. The van der Waals surface area contributed by atoms with Crippen molar-refractivity contribution in [2.75, 3.05) is 7.11 Å². The van der Waals surface area contributed by atoms with Crippen molar-refractivity contribution in [2.24, 2.45) is 0 Å². The van der Waals surface area contributed by atoms with Crippen LogP contribution in [0.4, 0.5) is 0 Å². The summed E-state index contributed by atoms with van der Waals surface area (Å²) in [6, 6.07) is 20.5. The van der Waals surface area contributed by atoms with Gasteiger partial charge in [0.2, 0.25) is 0 Å². The van der Waals surface area contributed by atoms with Crippen molar-refractivity contribution in [1.82, 2.24) is 4.90 Å². The van der Waals surface area contributed by atoms with Crippen LogP contribution in [0.2, 0.25) is 0 Å². The van der Waals surface area contributed by atoms with Crippen molar-refractivity contribution in [1.29, 1.82) is 0 Å². The Labute approximate surface area is 169 Å². The zero-order valence-corrected chi connectivity index (χ0v) is 17.7. The second-order valence-corrected chi connectivity index (χ2v) is 8.17. The average molecular weight is 384 g/mol. The summed E-state index contributed by atoms with van der Waals surface area (Å²) in [4.78, 5) is 14.9. The lowest BCUT2D eigenvalue weighted by Gasteiger charge is -2.35. The van der Waals surface area contributed by atoms with Crippen LogP contribution in [-0.4, -0.2) is 35.7 Å². The first-order valence-corrected chi connectivity index (χ1v) is 9.85. The molecule has 0 saturated carbocycles. The predicted octanol–water partition coefficient (Wildman–Crippen LogP) is 4.82. The van der Waals surface area contributed by atoms with Crippen LogP contribution in [0.3, 0.4) is 0 Å². The van der Waals surface area contributed by atoms with Crippen LogP contribution in [0.1, 0.15) is 45.2 Å². The molecule has 0 unspecified atom stereocenters. The van der Waals surface area contributed by atoms with E-state index in [0.717, 1.165) is 13.1 Å². The van der Waals surface area contributed by atoms with Crippen molar-refractivity contribution >= 4 is 5.97 Å². The largest absolute Gasteiger partial charge is 0.460 e. The quantitative estimate of drug-likeness (QED) is 0.582. The fraction of sp³-hybridized carbons (Fsp3) is 0.458. The summed E-state index contributed by atoms with van der Waals surface area (Å²) in [5.41, 5.74) is 1.91. The molecule has 2 atom stereocenters. The number of hydrogen-bond acceptors (Lipinski definition) is 4. The van der Waals surface area contributed by atoms with Gasteiger partial charge in [-0.3, -0.25) is 9.69 Å². The van der Waals surface area contributed by atoms with Gasteiger partial charge in [-0.1, -0.05) is 60.7 Å². The Balaban J connectivity index is 2.26. The molecule has 0 radical (unpaired) electrons. The van der Waals surface area contributed by atoms with Gasteiger partial charge >= 0.3 is 5.97 Å². The molecule has 0 saturated heterocycles. The molecule has 2 aromatic carbocycles. The van der Waals surface area contributed by atoms with Crippen molar-refractivity contribution in [3.63, 3.8) is 0 Å². The third kappa shape index (κ3) is 7.45. The van der Waals surface area contributed by atoms with Gasteiger partial charge < -0.3 is 9.47 Å². The highest BCUT2D eigenvalue weighted by Crippen LogP contribution is 2.21. The highest BCUT2D eigenvalue weighted by Gasteiger charge is 2.29. The van der Waals surface area contributed by atoms with Crippen molar-refractivity contribution in [3.05, 3.63) is 71.8 Å². The number of benzene rings is 2. The van der Waals surface area contributed by atoms with Gasteiger partial charge in [0.1, 0.15) is 5.60 Å². The van der Waals surface area contributed by atoms with E-state index in [1.165, 1.54) is 11.1 Å². The molecule has 2 aromatic rings. The Hall–Kier alpha value is -2.17. The first kappa shape index (κ1) is 22.1. The predicted molar refractivity (Wildman–Crippen MR) is 113 cm³/mol. The van der Waals surface area contributed by atoms with E-state index >= 15 is 0 Å². The fourth-order valence-corrected chi connectivity index (χ4v) is 3.23. The standard InChI is InChI=1S/C24H33NO3/c1-19(27-5)22(16-23(26)28-24(2,3)4)25(17-20-12-8-6-9-13-20)18-21-14-10-7-11-15-21/h6-15,19,22H,16-18H2,1-5H3/t19-,22-/m0/s1. The molecule has 0 aromatic heterocycles. The molecule has 0 aliphatic rings. The van der Waals surface area contributed by atoms with E-state index in [1.807, 2.05) is 64.1 Å². The lowest BCUT2D eigenvalue weighted by atomic mass is 10.0. The molecule has 0 fully saturated rings. The number of hydrogen-bond donors (Lipinski definition) is 0. The smallest absolute Gasteiger partial charge is 0.307 e. The monoisotopic (exact) mass is 383 g/mol. The summed E-state index contributed by atoms with van der Waals surface area (Å²) >= 11 is 0. The molecule has 0 heterocycles. The number of ether oxygens (including phenoxy) is 2. The molecule has 0 bridgehead atoms. The zero-order chi connectivity index (χ0) is 20.6. The van der Waals surface area contributed by atoms with Crippen LogP contribution in [0.5, 0.6) is 0 Å². The van der Waals surface area contributed by atoms with Crippen LogP contribution in [0.25, 0.3) is 0 Å². The van der Waals surface area contributed by atoms with Gasteiger partial charge in [0.25, 0.3) is 0 Å². The minimum Gasteiger partial charge on any atom is -0.460 e. The van der Waals surface area contributed by atoms with Gasteiger partial charge in [-0.15, -0.1) is 0 Å². The lowest BCUT2D eigenvalue weighted by molar-refractivity contribution is -0.158. The highest BCUT2D eigenvalue weighted by molar-refractivity contribution is 5.70. The van der Waals surface area contributed by atoms with Crippen LogP contribution in [0.15, 0.2) is 60.7 Å². The highest BCUT2D eigenvalue weighted by atomic mass is 16.6. The van der Waals surface area contributed by atoms with Crippen molar-refractivity contribution < 1.29 is 14.3 Å². The van der Waals surface area contributed by atoms with E-state index in [0.29, 0.717) is 0 Å². The Morgan fingerprint density at radius 3 is 1.79 bits per heavy atom. The van der Waals surface area contributed by atoms with Gasteiger partial charge in [0, 0.05) is 26.2 Å². The summed E-state index contributed by atoms with van der Waals surface area (Å²) in [6.07, 6.45) is 0.173. The molecular weight excluding hydrogens is 350 g/mol. The summed E-state index contributed by atoms with van der Waals surface area (Å²) in [6.45, 7) is 9.16. The summed E-state index contributed by atoms with van der Waals surface area (Å²) < 4.78 is 11.2. The molecule has 0 aliphatic heterocycles. The molecule has 152 valence electrons. The van der Waals surface area contributed by atoms with Crippen molar-refractivity contribution in [3.8, 4) is 0 Å². The molecule has 0 aliphatic carbocycles. The average Bonchev–Trinajstić information content (AvgIpc) is 2.65. The number of carbonyl (C=O) groups excluding carboxylic acids is 1. The number of carbonyl (C=O) groups is 1.